The molecule has 134 valence electrons. The van der Waals surface area contributed by atoms with Crippen molar-refractivity contribution in [3.05, 3.63) is 52.9 Å². The minimum atomic E-state index is -0.184. The Morgan fingerprint density at radius 2 is 1.96 bits per heavy atom. The summed E-state index contributed by atoms with van der Waals surface area (Å²) < 4.78 is 11.0. The Kier molecular flexibility index (Phi) is 5.49. The monoisotopic (exact) mass is 387 g/mol. The van der Waals surface area contributed by atoms with Crippen molar-refractivity contribution in [2.75, 3.05) is 18.6 Å². The van der Waals surface area contributed by atoms with Gasteiger partial charge < -0.3 is 14.6 Å². The van der Waals surface area contributed by atoms with E-state index in [2.05, 4.69) is 0 Å². The highest BCUT2D eigenvalue weighted by atomic mass is 32.2. The van der Waals surface area contributed by atoms with Crippen LogP contribution in [0.4, 0.5) is 5.69 Å². The minimum absolute atomic E-state index is 0.0646. The zero-order valence-electron chi connectivity index (χ0n) is 14.3. The molecule has 5 nitrogen and oxygen atoms in total. The molecule has 2 aromatic rings. The summed E-state index contributed by atoms with van der Waals surface area (Å²) in [5, 5.41) is 9.80. The fraction of sp³-hybridized carbons (Fsp3) is 0.158. The van der Waals surface area contributed by atoms with Gasteiger partial charge in [0.2, 0.25) is 0 Å². The molecule has 0 aromatic heterocycles. The van der Waals surface area contributed by atoms with Crippen LogP contribution in [0.3, 0.4) is 0 Å². The van der Waals surface area contributed by atoms with Gasteiger partial charge in [-0.25, -0.2) is 0 Å². The molecule has 0 bridgehead atoms. The number of hydrogen-bond donors (Lipinski definition) is 1. The van der Waals surface area contributed by atoms with Gasteiger partial charge in [-0.2, -0.15) is 0 Å². The number of phenolic OH excluding ortho intramolecular Hbond substituents is 1. The normalized spacial score (nSPS) is 15.6. The van der Waals surface area contributed by atoms with Gasteiger partial charge in [-0.3, -0.25) is 9.69 Å². The van der Waals surface area contributed by atoms with Gasteiger partial charge in [0.25, 0.3) is 5.91 Å². The predicted molar refractivity (Wildman–Crippen MR) is 108 cm³/mol. The van der Waals surface area contributed by atoms with Crippen molar-refractivity contribution in [3.8, 4) is 17.2 Å². The van der Waals surface area contributed by atoms with Crippen LogP contribution >= 0.6 is 24.0 Å². The summed E-state index contributed by atoms with van der Waals surface area (Å²) >= 11 is 6.61. The van der Waals surface area contributed by atoms with Crippen molar-refractivity contribution in [1.29, 1.82) is 0 Å². The first kappa shape index (κ1) is 18.3. The average molecular weight is 387 g/mol. The van der Waals surface area contributed by atoms with Crippen LogP contribution < -0.4 is 14.4 Å². The summed E-state index contributed by atoms with van der Waals surface area (Å²) in [4.78, 5) is 14.8. The van der Waals surface area contributed by atoms with Crippen LogP contribution in [-0.2, 0) is 4.79 Å². The number of hydrogen-bond acceptors (Lipinski definition) is 6. The molecule has 0 saturated carbocycles. The van der Waals surface area contributed by atoms with Crippen LogP contribution in [0.1, 0.15) is 12.5 Å². The van der Waals surface area contributed by atoms with E-state index in [1.165, 1.54) is 16.7 Å². The average Bonchev–Trinajstić information content (AvgIpc) is 2.92. The molecule has 1 amide bonds. The first-order valence-corrected chi connectivity index (χ1v) is 9.13. The lowest BCUT2D eigenvalue weighted by Crippen LogP contribution is -2.27. The van der Waals surface area contributed by atoms with Crippen LogP contribution in [0.25, 0.3) is 6.08 Å². The van der Waals surface area contributed by atoms with Crippen molar-refractivity contribution in [2.45, 2.75) is 6.92 Å². The molecule has 1 aliphatic heterocycles. The number of benzene rings is 2. The Morgan fingerprint density at radius 3 is 2.62 bits per heavy atom. The van der Waals surface area contributed by atoms with Crippen molar-refractivity contribution in [3.63, 3.8) is 0 Å². The van der Waals surface area contributed by atoms with E-state index in [1.807, 2.05) is 6.92 Å². The Hall–Kier alpha value is -2.51. The minimum Gasteiger partial charge on any atom is -0.504 e. The van der Waals surface area contributed by atoms with Gasteiger partial charge in [-0.05, 0) is 55.0 Å². The number of anilines is 1. The number of amides is 1. The van der Waals surface area contributed by atoms with Gasteiger partial charge in [0.05, 0.1) is 24.3 Å². The van der Waals surface area contributed by atoms with Crippen LogP contribution in [-0.4, -0.2) is 29.1 Å². The van der Waals surface area contributed by atoms with Crippen LogP contribution in [0, 0.1) is 0 Å². The number of carbonyl (C=O) groups is 1. The summed E-state index contributed by atoms with van der Waals surface area (Å²) in [6, 6.07) is 12.1. The Labute approximate surface area is 161 Å². The smallest absolute Gasteiger partial charge is 0.270 e. The highest BCUT2D eigenvalue weighted by Gasteiger charge is 2.33. The SMILES string of the molecule is CCOc1cc(/C=C2\SC(=S)N(c3ccc(OC)cc3)C2=O)ccc1O. The van der Waals surface area contributed by atoms with Crippen molar-refractivity contribution in [1.82, 2.24) is 0 Å². The first-order chi connectivity index (χ1) is 12.5. The second kappa shape index (κ2) is 7.80. The molecule has 1 N–H and O–H groups in total. The summed E-state index contributed by atoms with van der Waals surface area (Å²) in [6.07, 6.45) is 1.74. The maximum atomic E-state index is 12.8. The maximum Gasteiger partial charge on any atom is 0.270 e. The lowest BCUT2D eigenvalue weighted by molar-refractivity contribution is -0.113. The molecule has 26 heavy (non-hydrogen) atoms. The molecule has 0 aliphatic carbocycles. The number of phenols is 1. The van der Waals surface area contributed by atoms with Gasteiger partial charge in [0.1, 0.15) is 5.75 Å². The number of thioether (sulfide) groups is 1. The van der Waals surface area contributed by atoms with Crippen molar-refractivity contribution < 1.29 is 19.4 Å². The standard InChI is InChI=1S/C19H17NO4S2/c1-3-24-16-10-12(4-9-15(16)21)11-17-18(22)20(19(25)26-17)13-5-7-14(23-2)8-6-13/h4-11,21H,3H2,1-2H3/b17-11-. The third-order valence-electron chi connectivity index (χ3n) is 3.71. The summed E-state index contributed by atoms with van der Waals surface area (Å²) in [5.74, 6) is 0.972. The molecule has 3 rings (SSSR count). The molecule has 0 unspecified atom stereocenters. The zero-order chi connectivity index (χ0) is 18.7. The number of carbonyl (C=O) groups excluding carboxylic acids is 1. The fourth-order valence-corrected chi connectivity index (χ4v) is 3.76. The predicted octanol–water partition coefficient (Wildman–Crippen LogP) is 4.21. The number of methoxy groups -OCH3 is 1. The largest absolute Gasteiger partial charge is 0.504 e. The van der Waals surface area contributed by atoms with Crippen LogP contribution in [0.15, 0.2) is 47.4 Å². The van der Waals surface area contributed by atoms with E-state index in [9.17, 15) is 9.90 Å². The lowest BCUT2D eigenvalue weighted by atomic mass is 10.2. The molecule has 0 spiro atoms. The molecular formula is C19H17NO4S2. The van der Waals surface area contributed by atoms with Crippen LogP contribution in [0.2, 0.25) is 0 Å². The Morgan fingerprint density at radius 1 is 1.23 bits per heavy atom. The van der Waals surface area contributed by atoms with Gasteiger partial charge >= 0.3 is 0 Å². The van der Waals surface area contributed by atoms with E-state index in [0.29, 0.717) is 33.0 Å². The van der Waals surface area contributed by atoms with Crippen LogP contribution in [0.5, 0.6) is 17.2 Å². The second-order valence-corrected chi connectivity index (χ2v) is 7.05. The second-order valence-electron chi connectivity index (χ2n) is 5.38. The summed E-state index contributed by atoms with van der Waals surface area (Å²) in [6.45, 7) is 2.28. The lowest BCUT2D eigenvalue weighted by Gasteiger charge is -2.14. The highest BCUT2D eigenvalue weighted by molar-refractivity contribution is 8.27. The van der Waals surface area contributed by atoms with Gasteiger partial charge in [-0.1, -0.05) is 30.0 Å². The molecule has 1 heterocycles. The summed E-state index contributed by atoms with van der Waals surface area (Å²) in [7, 11) is 1.59. The van der Waals surface area contributed by atoms with E-state index in [4.69, 9.17) is 21.7 Å². The summed E-state index contributed by atoms with van der Waals surface area (Å²) in [5.41, 5.74) is 1.44. The zero-order valence-corrected chi connectivity index (χ0v) is 15.9. The fourth-order valence-electron chi connectivity index (χ4n) is 2.46. The number of ether oxygens (including phenoxy) is 2. The number of rotatable bonds is 5. The van der Waals surface area contributed by atoms with E-state index < -0.39 is 0 Å². The van der Waals surface area contributed by atoms with E-state index in [-0.39, 0.29) is 11.7 Å². The molecular weight excluding hydrogens is 370 g/mol. The van der Waals surface area contributed by atoms with Crippen molar-refractivity contribution >= 4 is 46.0 Å². The molecule has 1 fully saturated rings. The van der Waals surface area contributed by atoms with Gasteiger partial charge in [0, 0.05) is 0 Å². The quantitative estimate of drug-likeness (QED) is 0.613. The molecule has 1 aliphatic rings. The number of nitrogens with zero attached hydrogens (tertiary/aromatic N) is 1. The number of aromatic hydroxyl groups is 1. The molecule has 2 aromatic carbocycles. The molecule has 7 heteroatoms. The van der Waals surface area contributed by atoms with Crippen molar-refractivity contribution in [2.24, 2.45) is 0 Å². The van der Waals surface area contributed by atoms with E-state index >= 15 is 0 Å². The topological polar surface area (TPSA) is 59.0 Å². The molecule has 0 radical (unpaired) electrons. The molecule has 1 saturated heterocycles. The van der Waals surface area contributed by atoms with Gasteiger partial charge in [-0.15, -0.1) is 0 Å². The van der Waals surface area contributed by atoms with E-state index in [1.54, 1.807) is 55.7 Å². The third-order valence-corrected chi connectivity index (χ3v) is 5.01. The maximum absolute atomic E-state index is 12.8. The first-order valence-electron chi connectivity index (χ1n) is 7.91. The molecule has 0 atom stereocenters. The Balaban J connectivity index is 1.88. The Bertz CT molecular complexity index is 878. The highest BCUT2D eigenvalue weighted by Crippen LogP contribution is 2.37. The van der Waals surface area contributed by atoms with E-state index in [0.717, 1.165) is 5.56 Å². The third kappa shape index (κ3) is 3.68. The van der Waals surface area contributed by atoms with Gasteiger partial charge in [0.15, 0.2) is 15.8 Å². The number of thiocarbonyl (C=S) groups is 1.